The van der Waals surface area contributed by atoms with Gasteiger partial charge in [0.05, 0.1) is 0 Å². The number of hydrogen-bond donors (Lipinski definition) is 0. The Labute approximate surface area is 158 Å². The first-order chi connectivity index (χ1) is 10.1. The van der Waals surface area contributed by atoms with E-state index in [0.29, 0.717) is 9.81 Å². The molecule has 0 bridgehead atoms. The number of rotatable bonds is 2. The summed E-state index contributed by atoms with van der Waals surface area (Å²) in [6, 6.07) is 9.16. The molecule has 5 heteroatoms. The van der Waals surface area contributed by atoms with Gasteiger partial charge in [-0.3, -0.25) is 0 Å². The van der Waals surface area contributed by atoms with Crippen molar-refractivity contribution in [2.45, 2.75) is 23.9 Å². The molecule has 1 aromatic rings. The van der Waals surface area contributed by atoms with Gasteiger partial charge < -0.3 is 0 Å². The molecule has 1 heterocycles. The SMILES string of the molecule is CC1=CC(C)=[C]([Zr]2([CH]3C=Cc4ccccc43)[P](C)[P]2C)C1.Cl.Cl. The van der Waals surface area contributed by atoms with Crippen LogP contribution in [0.5, 0.6) is 0 Å². The van der Waals surface area contributed by atoms with Crippen molar-refractivity contribution >= 4 is 40.7 Å². The third-order valence-corrected chi connectivity index (χ3v) is 66.0. The molecule has 1 saturated heterocycles. The molecule has 2 aliphatic carbocycles. The molecule has 4 rings (SSSR count). The first kappa shape index (κ1) is 20.1. The van der Waals surface area contributed by atoms with E-state index in [0.717, 1.165) is 3.63 Å². The van der Waals surface area contributed by atoms with Crippen molar-refractivity contribution in [3.8, 4) is 0 Å². The molecule has 1 aromatic carbocycles. The van der Waals surface area contributed by atoms with E-state index < -0.39 is 19.1 Å². The van der Waals surface area contributed by atoms with Crippen molar-refractivity contribution in [3.63, 3.8) is 0 Å². The molecule has 0 saturated carbocycles. The smallest absolute Gasteiger partial charge is 0.147 e. The number of hydrogen-bond acceptors (Lipinski definition) is 0. The molecule has 124 valence electrons. The van der Waals surface area contributed by atoms with Gasteiger partial charge in [-0.05, 0) is 0 Å². The van der Waals surface area contributed by atoms with Crippen molar-refractivity contribution in [2.24, 2.45) is 0 Å². The van der Waals surface area contributed by atoms with E-state index in [4.69, 9.17) is 0 Å². The van der Waals surface area contributed by atoms with Gasteiger partial charge in [0, 0.05) is 0 Å². The van der Waals surface area contributed by atoms with Gasteiger partial charge in [0.15, 0.2) is 0 Å². The predicted octanol–water partition coefficient (Wildman–Crippen LogP) is 7.36. The Morgan fingerprint density at radius 3 is 2.26 bits per heavy atom. The summed E-state index contributed by atoms with van der Waals surface area (Å²) in [6.45, 7) is 9.99. The second kappa shape index (κ2) is 7.18. The van der Waals surface area contributed by atoms with E-state index in [1.54, 1.807) is 16.7 Å². The maximum atomic E-state index is 2.64. The van der Waals surface area contributed by atoms with Gasteiger partial charge in [-0.15, -0.1) is 24.8 Å². The van der Waals surface area contributed by atoms with E-state index in [2.05, 4.69) is 69.7 Å². The van der Waals surface area contributed by atoms with Crippen LogP contribution < -0.4 is 0 Å². The van der Waals surface area contributed by atoms with E-state index in [1.807, 2.05) is 3.28 Å². The molecule has 1 fully saturated rings. The molecule has 0 amide bonds. The average molecular weight is 464 g/mol. The summed E-state index contributed by atoms with van der Waals surface area (Å²) in [7, 11) is 0. The van der Waals surface area contributed by atoms with E-state index >= 15 is 0 Å². The Morgan fingerprint density at radius 1 is 1.04 bits per heavy atom. The van der Waals surface area contributed by atoms with Gasteiger partial charge >= 0.3 is 134 Å². The summed E-state index contributed by atoms with van der Waals surface area (Å²) in [5, 5.41) is 0. The maximum absolute atomic E-state index is 2.64. The molecule has 23 heavy (non-hydrogen) atoms. The zero-order valence-corrected chi connectivity index (χ0v) is 19.9. The van der Waals surface area contributed by atoms with Crippen LogP contribution in [-0.4, -0.2) is 13.3 Å². The topological polar surface area (TPSA) is 0 Å². The van der Waals surface area contributed by atoms with Gasteiger partial charge in [0.2, 0.25) is 0 Å². The molecule has 3 unspecified atom stereocenters. The third kappa shape index (κ3) is 2.84. The van der Waals surface area contributed by atoms with Crippen molar-refractivity contribution in [3.05, 3.63) is 62.0 Å². The largest absolute Gasteiger partial charge is 0.147 e. The minimum absolute atomic E-state index is 0. The molecule has 0 spiro atoms. The number of benzene rings is 1. The van der Waals surface area contributed by atoms with Crippen molar-refractivity contribution in [1.82, 2.24) is 0 Å². The fraction of sp³-hybridized carbons (Fsp3) is 0.333. The number of fused-ring (bicyclic) bond motifs is 1. The Balaban J connectivity index is 0.000000960. The van der Waals surface area contributed by atoms with Crippen LogP contribution in [0, 0.1) is 0 Å². The fourth-order valence-corrected chi connectivity index (χ4v) is 86.1. The zero-order chi connectivity index (χ0) is 14.8. The third-order valence-electron chi connectivity index (χ3n) is 5.47. The fourth-order valence-electron chi connectivity index (χ4n) is 4.39. The summed E-state index contributed by atoms with van der Waals surface area (Å²) < 4.78 is 2.82. The van der Waals surface area contributed by atoms with Gasteiger partial charge in [0.25, 0.3) is 0 Å². The van der Waals surface area contributed by atoms with Crippen LogP contribution in [0.2, 0.25) is 0 Å². The predicted molar refractivity (Wildman–Crippen MR) is 109 cm³/mol. The summed E-state index contributed by atoms with van der Waals surface area (Å²) in [5.74, 6) is 0. The number of halogens is 2. The first-order valence-electron chi connectivity index (χ1n) is 7.69. The Morgan fingerprint density at radius 2 is 1.70 bits per heavy atom. The average Bonchev–Trinajstić information content (AvgIpc) is 2.86. The molecule has 0 aromatic heterocycles. The van der Waals surface area contributed by atoms with Crippen LogP contribution in [0.1, 0.15) is 35.0 Å². The second-order valence-corrected chi connectivity index (χ2v) is 44.7. The molecule has 0 N–H and O–H groups in total. The standard InChI is InChI=1S/C9H7.C7H9.C2H6P2.2ClH.Zr/c1-2-5-9-7-3-6-8(9)4-1;1-6-3-4-7(2)5-6;1-3-4-2;;;/h1-7H;5H,3H2,1-2H3;1-2H3;2*1H;/q;;-2;;;+2. The summed E-state index contributed by atoms with van der Waals surface area (Å²) >= 11 is -2.19. The van der Waals surface area contributed by atoms with Crippen LogP contribution in [-0.2, 0) is 19.1 Å². The van der Waals surface area contributed by atoms with Crippen LogP contribution in [0.4, 0.5) is 0 Å². The first-order valence-corrected chi connectivity index (χ1v) is 21.2. The minimum Gasteiger partial charge on any atom is -0.147 e. The molecule has 3 aliphatic rings. The van der Waals surface area contributed by atoms with E-state index in [1.165, 1.54) is 12.0 Å². The molecule has 0 nitrogen and oxygen atoms in total. The number of allylic oxidation sites excluding steroid dienone is 5. The monoisotopic (exact) mass is 462 g/mol. The quantitative estimate of drug-likeness (QED) is 0.401. The Hall–Kier alpha value is 0.763. The maximum Gasteiger partial charge on any atom is -0.147 e. The normalized spacial score (nSPS) is 33.7. The Kier molecular flexibility index (Phi) is 6.26. The molecule has 3 atom stereocenters. The summed E-state index contributed by atoms with van der Waals surface area (Å²) in [5.41, 5.74) is 6.42. The van der Waals surface area contributed by atoms with E-state index in [-0.39, 0.29) is 24.8 Å². The van der Waals surface area contributed by atoms with Crippen LogP contribution >= 0.6 is 34.6 Å². The van der Waals surface area contributed by atoms with Crippen LogP contribution in [0.3, 0.4) is 0 Å². The van der Waals surface area contributed by atoms with Gasteiger partial charge in [0.1, 0.15) is 0 Å². The summed E-state index contributed by atoms with van der Waals surface area (Å²) in [4.78, 5) is 0.722. The van der Waals surface area contributed by atoms with Crippen LogP contribution in [0.25, 0.3) is 6.08 Å². The second-order valence-electron chi connectivity index (χ2n) is 6.57. The van der Waals surface area contributed by atoms with Gasteiger partial charge in [-0.2, -0.15) is 0 Å². The van der Waals surface area contributed by atoms with Crippen molar-refractivity contribution in [1.29, 1.82) is 0 Å². The molecule has 1 aliphatic heterocycles. The Bertz CT molecular complexity index is 715. The van der Waals surface area contributed by atoms with Gasteiger partial charge in [-0.25, -0.2) is 0 Å². The minimum atomic E-state index is -2.19. The van der Waals surface area contributed by atoms with Crippen molar-refractivity contribution in [2.75, 3.05) is 13.3 Å². The molecular formula is C18H24Cl2P2Zr. The molecular weight excluding hydrogens is 440 g/mol. The van der Waals surface area contributed by atoms with Crippen LogP contribution in [0.15, 0.2) is 50.8 Å². The van der Waals surface area contributed by atoms with Crippen molar-refractivity contribution < 1.29 is 19.1 Å². The van der Waals surface area contributed by atoms with E-state index in [9.17, 15) is 0 Å². The zero-order valence-electron chi connectivity index (χ0n) is 14.0. The molecule has 0 radical (unpaired) electrons. The van der Waals surface area contributed by atoms with Gasteiger partial charge in [-0.1, -0.05) is 0 Å². The summed E-state index contributed by atoms with van der Waals surface area (Å²) in [6.07, 6.45) is 8.80.